The Labute approximate surface area is 118 Å². The molecular formula is C11H20N2O4S2. The van der Waals surface area contributed by atoms with Crippen molar-refractivity contribution in [3.8, 4) is 0 Å². The fourth-order valence-corrected chi connectivity index (χ4v) is 4.04. The smallest absolute Gasteiger partial charge is 0.244 e. The summed E-state index contributed by atoms with van der Waals surface area (Å²) in [5.41, 5.74) is 5.50. The van der Waals surface area contributed by atoms with Crippen LogP contribution >= 0.6 is 11.3 Å². The minimum Gasteiger partial charge on any atom is -0.383 e. The molecule has 1 aromatic heterocycles. The van der Waals surface area contributed by atoms with Crippen molar-refractivity contribution in [1.29, 1.82) is 0 Å². The summed E-state index contributed by atoms with van der Waals surface area (Å²) in [5.74, 6) is 0. The summed E-state index contributed by atoms with van der Waals surface area (Å²) < 4.78 is 36.2. The van der Waals surface area contributed by atoms with Crippen molar-refractivity contribution < 1.29 is 17.9 Å². The first-order chi connectivity index (χ1) is 9.06. The van der Waals surface area contributed by atoms with Gasteiger partial charge in [-0.15, -0.1) is 11.3 Å². The minimum absolute atomic E-state index is 0.283. The molecule has 0 amide bonds. The third kappa shape index (κ3) is 4.51. The Morgan fingerprint density at radius 3 is 2.26 bits per heavy atom. The van der Waals surface area contributed by atoms with E-state index >= 15 is 0 Å². The number of ether oxygens (including phenoxy) is 2. The van der Waals surface area contributed by atoms with Crippen molar-refractivity contribution in [2.45, 2.75) is 11.4 Å². The molecule has 19 heavy (non-hydrogen) atoms. The van der Waals surface area contributed by atoms with E-state index in [1.54, 1.807) is 11.4 Å². The van der Waals surface area contributed by atoms with Gasteiger partial charge in [-0.3, -0.25) is 0 Å². The Balaban J connectivity index is 2.90. The zero-order valence-electron chi connectivity index (χ0n) is 11.2. The van der Waals surface area contributed by atoms with E-state index < -0.39 is 10.0 Å². The number of rotatable bonds is 9. The van der Waals surface area contributed by atoms with Gasteiger partial charge in [-0.2, -0.15) is 4.31 Å². The van der Waals surface area contributed by atoms with Crippen LogP contribution in [-0.2, 0) is 26.0 Å². The Morgan fingerprint density at radius 1 is 1.26 bits per heavy atom. The van der Waals surface area contributed by atoms with Gasteiger partial charge in [0.25, 0.3) is 0 Å². The highest BCUT2D eigenvalue weighted by Crippen LogP contribution is 2.22. The van der Waals surface area contributed by atoms with E-state index in [1.807, 2.05) is 0 Å². The minimum atomic E-state index is -3.51. The van der Waals surface area contributed by atoms with Gasteiger partial charge in [-0.25, -0.2) is 8.42 Å². The maximum Gasteiger partial charge on any atom is 0.244 e. The molecule has 0 fully saturated rings. The van der Waals surface area contributed by atoms with E-state index in [2.05, 4.69) is 0 Å². The predicted molar refractivity (Wildman–Crippen MR) is 74.7 cm³/mol. The molecule has 0 aliphatic rings. The van der Waals surface area contributed by atoms with E-state index in [9.17, 15) is 8.42 Å². The van der Waals surface area contributed by atoms with Gasteiger partial charge in [0, 0.05) is 44.1 Å². The van der Waals surface area contributed by atoms with E-state index in [1.165, 1.54) is 29.9 Å². The maximum absolute atomic E-state index is 12.5. The molecule has 0 saturated heterocycles. The number of thiophene rings is 1. The molecule has 0 bridgehead atoms. The van der Waals surface area contributed by atoms with Crippen molar-refractivity contribution in [3.63, 3.8) is 0 Å². The van der Waals surface area contributed by atoms with Crippen LogP contribution in [0.25, 0.3) is 0 Å². The summed E-state index contributed by atoms with van der Waals surface area (Å²) >= 11 is 1.35. The lowest BCUT2D eigenvalue weighted by Gasteiger charge is -2.20. The first-order valence-corrected chi connectivity index (χ1v) is 8.13. The first-order valence-electron chi connectivity index (χ1n) is 5.81. The summed E-state index contributed by atoms with van der Waals surface area (Å²) in [7, 11) is -0.427. The third-order valence-corrected chi connectivity index (χ3v) is 5.54. The standard InChI is InChI=1S/C11H20N2O4S2/c1-16-5-3-13(4-6-17-2)19(14,15)11-7-10(8-12)18-9-11/h7,9H,3-6,8,12H2,1-2H3. The molecule has 1 rings (SSSR count). The SMILES string of the molecule is COCCN(CCOC)S(=O)(=O)c1csc(CN)c1. The zero-order chi connectivity index (χ0) is 14.3. The molecule has 6 nitrogen and oxygen atoms in total. The molecule has 2 N–H and O–H groups in total. The molecule has 0 unspecified atom stereocenters. The molecule has 1 aromatic rings. The number of sulfonamides is 1. The average molecular weight is 308 g/mol. The van der Waals surface area contributed by atoms with Gasteiger partial charge < -0.3 is 15.2 Å². The molecule has 0 aliphatic carbocycles. The molecule has 110 valence electrons. The van der Waals surface area contributed by atoms with Gasteiger partial charge in [0.2, 0.25) is 10.0 Å². The van der Waals surface area contributed by atoms with E-state index in [0.717, 1.165) is 4.88 Å². The monoisotopic (exact) mass is 308 g/mol. The van der Waals surface area contributed by atoms with E-state index in [4.69, 9.17) is 15.2 Å². The second kappa shape index (κ2) is 7.93. The topological polar surface area (TPSA) is 81.9 Å². The molecular weight excluding hydrogens is 288 g/mol. The van der Waals surface area contributed by atoms with Gasteiger partial charge in [0.1, 0.15) is 0 Å². The van der Waals surface area contributed by atoms with Gasteiger partial charge >= 0.3 is 0 Å². The lowest BCUT2D eigenvalue weighted by atomic mass is 10.5. The summed E-state index contributed by atoms with van der Waals surface area (Å²) in [6.45, 7) is 1.63. The second-order valence-corrected chi connectivity index (χ2v) is 6.78. The molecule has 0 radical (unpaired) electrons. The molecule has 0 atom stereocenters. The van der Waals surface area contributed by atoms with Crippen molar-refractivity contribution in [2.24, 2.45) is 5.73 Å². The van der Waals surface area contributed by atoms with Crippen LogP contribution in [-0.4, -0.2) is 53.2 Å². The van der Waals surface area contributed by atoms with Crippen LogP contribution < -0.4 is 5.73 Å². The lowest BCUT2D eigenvalue weighted by molar-refractivity contribution is 0.150. The highest BCUT2D eigenvalue weighted by atomic mass is 32.2. The number of nitrogens with zero attached hydrogens (tertiary/aromatic N) is 1. The van der Waals surface area contributed by atoms with Crippen LogP contribution in [0.2, 0.25) is 0 Å². The van der Waals surface area contributed by atoms with Crippen LogP contribution in [0.5, 0.6) is 0 Å². The summed E-state index contributed by atoms with van der Waals surface area (Å²) in [5, 5.41) is 1.62. The quantitative estimate of drug-likeness (QED) is 0.718. The molecule has 0 aliphatic heterocycles. The summed E-state index contributed by atoms with van der Waals surface area (Å²) in [6.07, 6.45) is 0. The molecule has 8 heteroatoms. The van der Waals surface area contributed by atoms with Crippen molar-refractivity contribution in [3.05, 3.63) is 16.3 Å². The first kappa shape index (κ1) is 16.5. The highest BCUT2D eigenvalue weighted by molar-refractivity contribution is 7.89. The molecule has 1 heterocycles. The van der Waals surface area contributed by atoms with Gasteiger partial charge in [-0.1, -0.05) is 0 Å². The molecule has 0 spiro atoms. The highest BCUT2D eigenvalue weighted by Gasteiger charge is 2.25. The Bertz CT molecular complexity index is 465. The normalized spacial score (nSPS) is 12.2. The van der Waals surface area contributed by atoms with Gasteiger partial charge in [-0.05, 0) is 6.07 Å². The largest absolute Gasteiger partial charge is 0.383 e. The number of hydrogen-bond donors (Lipinski definition) is 1. The molecule has 0 saturated carbocycles. The van der Waals surface area contributed by atoms with E-state index in [0.29, 0.717) is 32.8 Å². The maximum atomic E-state index is 12.5. The summed E-state index contributed by atoms with van der Waals surface area (Å²) in [6, 6.07) is 1.62. The van der Waals surface area contributed by atoms with Crippen LogP contribution in [0.1, 0.15) is 4.88 Å². The third-order valence-electron chi connectivity index (χ3n) is 2.56. The van der Waals surface area contributed by atoms with Crippen molar-refractivity contribution in [1.82, 2.24) is 4.31 Å². The summed E-state index contributed by atoms with van der Waals surface area (Å²) in [4.78, 5) is 1.13. The zero-order valence-corrected chi connectivity index (χ0v) is 12.8. The fourth-order valence-electron chi connectivity index (χ4n) is 1.49. The Hall–Kier alpha value is -0.510. The van der Waals surface area contributed by atoms with Crippen LogP contribution in [0.4, 0.5) is 0 Å². The van der Waals surface area contributed by atoms with E-state index in [-0.39, 0.29) is 4.90 Å². The fraction of sp³-hybridized carbons (Fsp3) is 0.636. The second-order valence-electron chi connectivity index (χ2n) is 3.84. The number of methoxy groups -OCH3 is 2. The van der Waals surface area contributed by atoms with Crippen LogP contribution in [0, 0.1) is 0 Å². The van der Waals surface area contributed by atoms with Crippen molar-refractivity contribution in [2.75, 3.05) is 40.5 Å². The Morgan fingerprint density at radius 2 is 1.84 bits per heavy atom. The number of nitrogens with two attached hydrogens (primary N) is 1. The molecule has 0 aromatic carbocycles. The van der Waals surface area contributed by atoms with Crippen molar-refractivity contribution >= 4 is 21.4 Å². The van der Waals surface area contributed by atoms with Gasteiger partial charge in [0.15, 0.2) is 0 Å². The number of hydrogen-bond acceptors (Lipinski definition) is 6. The van der Waals surface area contributed by atoms with Gasteiger partial charge in [0.05, 0.1) is 18.1 Å². The predicted octanol–water partition coefficient (Wildman–Crippen LogP) is 0.490. The van der Waals surface area contributed by atoms with Crippen LogP contribution in [0.3, 0.4) is 0 Å². The van der Waals surface area contributed by atoms with Crippen LogP contribution in [0.15, 0.2) is 16.3 Å². The Kier molecular flexibility index (Phi) is 6.90. The average Bonchev–Trinajstić information content (AvgIpc) is 2.88. The lowest BCUT2D eigenvalue weighted by Crippen LogP contribution is -2.36.